The van der Waals surface area contributed by atoms with E-state index in [-0.39, 0.29) is 38.3 Å². The van der Waals surface area contributed by atoms with Gasteiger partial charge in [0.05, 0.1) is 25.4 Å². The summed E-state index contributed by atoms with van der Waals surface area (Å²) in [4.78, 5) is 26.2. The van der Waals surface area contributed by atoms with Crippen molar-refractivity contribution in [2.75, 3.05) is 27.4 Å². The molecule has 8 heteroatoms. The quantitative estimate of drug-likeness (QED) is 0.345. The lowest BCUT2D eigenvalue weighted by Crippen LogP contribution is -2.34. The molecule has 0 saturated heterocycles. The summed E-state index contributed by atoms with van der Waals surface area (Å²) < 4.78 is 34.3. The van der Waals surface area contributed by atoms with Crippen LogP contribution in [0.1, 0.15) is 25.0 Å². The van der Waals surface area contributed by atoms with Crippen LogP contribution in [0, 0.1) is 11.8 Å². The molecule has 0 saturated carbocycles. The van der Waals surface area contributed by atoms with Crippen LogP contribution in [0.2, 0.25) is 0 Å². The highest BCUT2D eigenvalue weighted by Crippen LogP contribution is 2.17. The highest BCUT2D eigenvalue weighted by Gasteiger charge is 2.26. The Bertz CT molecular complexity index is 997. The molecule has 3 rings (SSSR count). The van der Waals surface area contributed by atoms with Crippen LogP contribution in [0.15, 0.2) is 85.0 Å². The fourth-order valence-electron chi connectivity index (χ4n) is 4.09. The molecule has 6 atom stereocenters. The number of hydrogen-bond acceptors (Lipinski definition) is 8. The van der Waals surface area contributed by atoms with Crippen LogP contribution in [0.25, 0.3) is 0 Å². The van der Waals surface area contributed by atoms with E-state index in [0.29, 0.717) is 0 Å². The summed E-state index contributed by atoms with van der Waals surface area (Å²) in [5.74, 6) is -1.44. The number of benzene rings is 2. The molecule has 0 N–H and O–H groups in total. The molecule has 8 nitrogen and oxygen atoms in total. The van der Waals surface area contributed by atoms with Crippen LogP contribution in [0.4, 0.5) is 0 Å². The van der Waals surface area contributed by atoms with Crippen molar-refractivity contribution in [2.45, 2.75) is 51.5 Å². The maximum Gasteiger partial charge on any atom is 0.339 e. The van der Waals surface area contributed by atoms with Crippen LogP contribution < -0.4 is 0 Å². The van der Waals surface area contributed by atoms with Gasteiger partial charge < -0.3 is 28.4 Å². The number of methoxy groups -OCH3 is 2. The topological polar surface area (TPSA) is 89.5 Å². The van der Waals surface area contributed by atoms with Crippen LogP contribution >= 0.6 is 0 Å². The van der Waals surface area contributed by atoms with Gasteiger partial charge in [0.1, 0.15) is 13.2 Å². The van der Waals surface area contributed by atoms with Crippen molar-refractivity contribution in [2.24, 2.45) is 11.8 Å². The molecule has 0 radical (unpaired) electrons. The van der Waals surface area contributed by atoms with Gasteiger partial charge in [-0.3, -0.25) is 0 Å². The van der Waals surface area contributed by atoms with Gasteiger partial charge in [-0.05, 0) is 23.3 Å². The summed E-state index contributed by atoms with van der Waals surface area (Å²) in [5, 5.41) is 0. The highest BCUT2D eigenvalue weighted by atomic mass is 16.6. The average Bonchev–Trinajstić information content (AvgIpc) is 2.98. The van der Waals surface area contributed by atoms with E-state index in [1.165, 1.54) is 0 Å². The molecule has 0 aromatic heterocycles. The third-order valence-electron chi connectivity index (χ3n) is 6.75. The van der Waals surface area contributed by atoms with Crippen molar-refractivity contribution in [1.82, 2.24) is 0 Å². The minimum Gasteiger partial charge on any atom is -0.461 e. The van der Waals surface area contributed by atoms with Crippen molar-refractivity contribution >= 4 is 11.9 Å². The number of hydrogen-bond donors (Lipinski definition) is 0. The Balaban J connectivity index is 1.79. The molecule has 0 bridgehead atoms. The molecule has 2 aromatic carbocycles. The second-order valence-electron chi connectivity index (χ2n) is 9.73. The lowest BCUT2D eigenvalue weighted by Gasteiger charge is -2.24. The van der Waals surface area contributed by atoms with E-state index in [4.69, 9.17) is 28.4 Å². The van der Waals surface area contributed by atoms with Gasteiger partial charge in [0, 0.05) is 26.1 Å². The molecule has 216 valence electrons. The monoisotopic (exact) mass is 552 g/mol. The van der Waals surface area contributed by atoms with E-state index >= 15 is 0 Å². The van der Waals surface area contributed by atoms with Crippen molar-refractivity contribution in [3.63, 3.8) is 0 Å². The van der Waals surface area contributed by atoms with Gasteiger partial charge in [0.2, 0.25) is 0 Å². The zero-order chi connectivity index (χ0) is 28.7. The zero-order valence-electron chi connectivity index (χ0n) is 23.6. The fraction of sp³-hybridized carbons (Fsp3) is 0.438. The molecule has 0 fully saturated rings. The van der Waals surface area contributed by atoms with Crippen molar-refractivity contribution in [1.29, 1.82) is 0 Å². The molecule has 0 amide bonds. The Kier molecular flexibility index (Phi) is 13.1. The van der Waals surface area contributed by atoms with Gasteiger partial charge in [-0.25, -0.2) is 9.59 Å². The number of rotatable bonds is 8. The van der Waals surface area contributed by atoms with Gasteiger partial charge >= 0.3 is 11.9 Å². The van der Waals surface area contributed by atoms with Crippen LogP contribution in [-0.4, -0.2) is 63.8 Å². The number of cyclic esters (lactones) is 2. The van der Waals surface area contributed by atoms with Crippen LogP contribution in [0.3, 0.4) is 0 Å². The Hall–Kier alpha value is -3.30. The third-order valence-corrected chi connectivity index (χ3v) is 6.75. The van der Waals surface area contributed by atoms with E-state index < -0.39 is 36.4 Å². The van der Waals surface area contributed by atoms with Gasteiger partial charge in [-0.2, -0.15) is 0 Å². The summed E-state index contributed by atoms with van der Waals surface area (Å²) in [7, 11) is 3.10. The molecule has 0 aliphatic carbocycles. The molecular weight excluding hydrogens is 512 g/mol. The number of esters is 2. The van der Waals surface area contributed by atoms with Crippen molar-refractivity contribution in [3.8, 4) is 0 Å². The number of ether oxygens (including phenoxy) is 6. The fourth-order valence-corrected chi connectivity index (χ4v) is 4.09. The van der Waals surface area contributed by atoms with Crippen molar-refractivity contribution in [3.05, 3.63) is 96.1 Å². The molecule has 1 aliphatic heterocycles. The van der Waals surface area contributed by atoms with E-state index in [9.17, 15) is 9.59 Å². The Morgan fingerprint density at radius 2 is 1.00 bits per heavy atom. The predicted octanol–water partition coefficient (Wildman–Crippen LogP) is 4.67. The van der Waals surface area contributed by atoms with E-state index in [1.807, 2.05) is 86.7 Å². The Morgan fingerprint density at radius 3 is 1.35 bits per heavy atom. The Morgan fingerprint density at radius 1 is 0.625 bits per heavy atom. The van der Waals surface area contributed by atoms with Gasteiger partial charge in [-0.15, -0.1) is 0 Å². The average molecular weight is 553 g/mol. The van der Waals surface area contributed by atoms with E-state index in [0.717, 1.165) is 11.1 Å². The number of carbonyl (C=O) groups is 2. The van der Waals surface area contributed by atoms with Gasteiger partial charge in [0.25, 0.3) is 0 Å². The summed E-state index contributed by atoms with van der Waals surface area (Å²) >= 11 is 0. The molecule has 1 aliphatic rings. The first-order chi connectivity index (χ1) is 19.4. The van der Waals surface area contributed by atoms with Crippen molar-refractivity contribution < 1.29 is 38.0 Å². The molecule has 40 heavy (non-hydrogen) atoms. The second kappa shape index (κ2) is 16.7. The summed E-state index contributed by atoms with van der Waals surface area (Å²) in [6.07, 6.45) is 4.17. The lowest BCUT2D eigenvalue weighted by atomic mass is 10.0. The molecule has 4 unspecified atom stereocenters. The normalized spacial score (nSPS) is 26.7. The smallest absolute Gasteiger partial charge is 0.339 e. The molecular formula is C32H40O8. The molecule has 2 aromatic rings. The lowest BCUT2D eigenvalue weighted by molar-refractivity contribution is -0.159. The zero-order valence-corrected chi connectivity index (χ0v) is 23.6. The first kappa shape index (κ1) is 31.2. The first-order valence-electron chi connectivity index (χ1n) is 13.5. The summed E-state index contributed by atoms with van der Waals surface area (Å²) in [5.41, 5.74) is 1.87. The standard InChI is InChI=1S/C32H40O8/c1-23-15-17-27(37-19-25-11-7-5-8-12-25)31(33)40-22-30(36-4)24(2)16-18-28(32(34)39-21-29(23)35-3)38-20-26-13-9-6-10-14-26/h5-18,23-24,27-30H,19-22H2,1-4H3/t23?,24?,27?,28?,29-,30-/m0/s1. The summed E-state index contributed by atoms with van der Waals surface area (Å²) in [6, 6.07) is 19.2. The van der Waals surface area contributed by atoms with E-state index in [1.54, 1.807) is 26.4 Å². The Labute approximate surface area is 236 Å². The van der Waals surface area contributed by atoms with Crippen LogP contribution in [-0.2, 0) is 51.2 Å². The predicted molar refractivity (Wildman–Crippen MR) is 150 cm³/mol. The largest absolute Gasteiger partial charge is 0.461 e. The maximum atomic E-state index is 13.1. The van der Waals surface area contributed by atoms with Crippen LogP contribution in [0.5, 0.6) is 0 Å². The van der Waals surface area contributed by atoms with E-state index in [2.05, 4.69) is 0 Å². The minimum atomic E-state index is -0.935. The minimum absolute atomic E-state index is 0.0100. The molecule has 1 heterocycles. The molecule has 0 spiro atoms. The SMILES string of the molecule is CO[C@H]1COC(=O)C(OCc2ccccc2)C=CC(C)[C@@H](OC)COC(=O)C(OCc2ccccc2)C=CC1C. The summed E-state index contributed by atoms with van der Waals surface area (Å²) in [6.45, 7) is 4.32. The first-order valence-corrected chi connectivity index (χ1v) is 13.5. The maximum absolute atomic E-state index is 13.1. The second-order valence-corrected chi connectivity index (χ2v) is 9.73. The van der Waals surface area contributed by atoms with Gasteiger partial charge in [-0.1, -0.05) is 86.7 Å². The number of carbonyl (C=O) groups excluding carboxylic acids is 2. The highest BCUT2D eigenvalue weighted by molar-refractivity contribution is 5.77. The third kappa shape index (κ3) is 10.0. The van der Waals surface area contributed by atoms with Gasteiger partial charge in [0.15, 0.2) is 12.2 Å².